The molecule has 1 saturated heterocycles. The van der Waals surface area contributed by atoms with Crippen molar-refractivity contribution in [1.82, 2.24) is 5.32 Å². The maximum atomic E-state index is 9.38. The molecule has 0 aromatic rings. The lowest BCUT2D eigenvalue weighted by molar-refractivity contribution is 0.0985. The number of nitrogens with one attached hydrogen (secondary N) is 1. The number of ether oxygens (including phenoxy) is 1. The highest BCUT2D eigenvalue weighted by Gasteiger charge is 2.35. The Morgan fingerprint density at radius 3 is 2.94 bits per heavy atom. The number of nitrogens with zero attached hydrogens (tertiary/aromatic N) is 1. The highest BCUT2D eigenvalue weighted by atomic mass is 16.5. The van der Waals surface area contributed by atoms with E-state index in [9.17, 15) is 5.26 Å². The average molecular weight is 222 g/mol. The van der Waals surface area contributed by atoms with Crippen molar-refractivity contribution in [2.24, 2.45) is 5.92 Å². The van der Waals surface area contributed by atoms with Gasteiger partial charge in [-0.05, 0) is 31.6 Å². The van der Waals surface area contributed by atoms with Crippen LogP contribution in [0.4, 0.5) is 0 Å². The topological polar surface area (TPSA) is 45.0 Å². The van der Waals surface area contributed by atoms with Crippen molar-refractivity contribution in [3.63, 3.8) is 0 Å². The van der Waals surface area contributed by atoms with Crippen LogP contribution < -0.4 is 5.32 Å². The zero-order valence-electron chi connectivity index (χ0n) is 10.2. The summed E-state index contributed by atoms with van der Waals surface area (Å²) in [5.74, 6) is 0.672. The first kappa shape index (κ1) is 11.9. The minimum Gasteiger partial charge on any atom is -0.377 e. The fraction of sp³-hybridized carbons (Fsp3) is 0.923. The van der Waals surface area contributed by atoms with Crippen LogP contribution in [0, 0.1) is 17.2 Å². The summed E-state index contributed by atoms with van der Waals surface area (Å²) in [6, 6.07) is 2.51. The van der Waals surface area contributed by atoms with Gasteiger partial charge in [-0.2, -0.15) is 5.26 Å². The van der Waals surface area contributed by atoms with Crippen LogP contribution in [0.15, 0.2) is 0 Å². The van der Waals surface area contributed by atoms with Crippen LogP contribution >= 0.6 is 0 Å². The van der Waals surface area contributed by atoms with Gasteiger partial charge in [0.05, 0.1) is 12.2 Å². The van der Waals surface area contributed by atoms with Crippen LogP contribution in [-0.2, 0) is 4.74 Å². The Morgan fingerprint density at radius 2 is 2.31 bits per heavy atom. The van der Waals surface area contributed by atoms with Gasteiger partial charge in [-0.15, -0.1) is 0 Å². The number of hydrogen-bond acceptors (Lipinski definition) is 3. The van der Waals surface area contributed by atoms with E-state index in [1.54, 1.807) is 0 Å². The van der Waals surface area contributed by atoms with Crippen LogP contribution in [0.1, 0.15) is 45.4 Å². The minimum atomic E-state index is -0.274. The second-order valence-corrected chi connectivity index (χ2v) is 5.41. The van der Waals surface area contributed by atoms with Crippen LogP contribution in [0.2, 0.25) is 0 Å². The van der Waals surface area contributed by atoms with Gasteiger partial charge >= 0.3 is 0 Å². The first-order valence-corrected chi connectivity index (χ1v) is 6.52. The molecule has 0 amide bonds. The molecule has 0 aromatic carbocycles. The van der Waals surface area contributed by atoms with Crippen molar-refractivity contribution in [2.45, 2.75) is 57.1 Å². The Balaban J connectivity index is 1.86. The minimum absolute atomic E-state index is 0.274. The summed E-state index contributed by atoms with van der Waals surface area (Å²) in [5, 5.41) is 12.9. The second-order valence-electron chi connectivity index (χ2n) is 5.41. The summed E-state index contributed by atoms with van der Waals surface area (Å²) in [5.41, 5.74) is -0.274. The second kappa shape index (κ2) is 5.16. The highest BCUT2D eigenvalue weighted by Crippen LogP contribution is 2.32. The molecule has 2 aliphatic rings. The summed E-state index contributed by atoms with van der Waals surface area (Å²) in [4.78, 5) is 0. The van der Waals surface area contributed by atoms with Crippen molar-refractivity contribution in [1.29, 1.82) is 5.26 Å². The smallest absolute Gasteiger partial charge is 0.107 e. The molecule has 2 fully saturated rings. The molecule has 3 unspecified atom stereocenters. The molecular formula is C13H22N2O. The van der Waals surface area contributed by atoms with Crippen molar-refractivity contribution >= 4 is 0 Å². The van der Waals surface area contributed by atoms with E-state index in [1.165, 1.54) is 19.3 Å². The van der Waals surface area contributed by atoms with Gasteiger partial charge in [0.1, 0.15) is 5.54 Å². The first-order chi connectivity index (χ1) is 7.74. The van der Waals surface area contributed by atoms with Gasteiger partial charge in [-0.1, -0.05) is 19.8 Å². The van der Waals surface area contributed by atoms with Gasteiger partial charge in [0.25, 0.3) is 0 Å². The molecule has 16 heavy (non-hydrogen) atoms. The van der Waals surface area contributed by atoms with Crippen molar-refractivity contribution in [3.05, 3.63) is 0 Å². The molecule has 1 saturated carbocycles. The van der Waals surface area contributed by atoms with E-state index in [-0.39, 0.29) is 5.54 Å². The zero-order valence-corrected chi connectivity index (χ0v) is 10.2. The van der Waals surface area contributed by atoms with Crippen LogP contribution in [0.3, 0.4) is 0 Å². The molecule has 1 aliphatic heterocycles. The standard InChI is InChI=1S/C13H22N2O/c1-11-4-2-6-13(8-11,10-14)15-9-12-5-3-7-16-12/h11-12,15H,2-9H2,1H3. The molecule has 0 bridgehead atoms. The Morgan fingerprint density at radius 1 is 1.44 bits per heavy atom. The molecule has 0 radical (unpaired) electrons. The first-order valence-electron chi connectivity index (χ1n) is 6.52. The molecule has 2 rings (SSSR count). The molecule has 1 aliphatic carbocycles. The van der Waals surface area contributed by atoms with Crippen LogP contribution in [0.5, 0.6) is 0 Å². The van der Waals surface area contributed by atoms with Gasteiger partial charge in [0.15, 0.2) is 0 Å². The lowest BCUT2D eigenvalue weighted by atomic mass is 9.77. The Kier molecular flexibility index (Phi) is 3.83. The largest absolute Gasteiger partial charge is 0.377 e. The van der Waals surface area contributed by atoms with E-state index in [0.717, 1.165) is 32.4 Å². The molecule has 1 N–H and O–H groups in total. The average Bonchev–Trinajstić information content (AvgIpc) is 2.79. The molecule has 1 heterocycles. The quantitative estimate of drug-likeness (QED) is 0.796. The van der Waals surface area contributed by atoms with E-state index >= 15 is 0 Å². The maximum Gasteiger partial charge on any atom is 0.107 e. The van der Waals surface area contributed by atoms with Gasteiger partial charge in [-0.25, -0.2) is 0 Å². The van der Waals surface area contributed by atoms with Gasteiger partial charge in [0.2, 0.25) is 0 Å². The molecular weight excluding hydrogens is 200 g/mol. The number of rotatable bonds is 3. The monoisotopic (exact) mass is 222 g/mol. The van der Waals surface area contributed by atoms with Crippen molar-refractivity contribution < 1.29 is 4.74 Å². The summed E-state index contributed by atoms with van der Waals surface area (Å²) in [6.45, 7) is 3.99. The third kappa shape index (κ3) is 2.75. The highest BCUT2D eigenvalue weighted by molar-refractivity contribution is 5.09. The summed E-state index contributed by atoms with van der Waals surface area (Å²) in [7, 11) is 0. The SMILES string of the molecule is CC1CCCC(C#N)(NCC2CCCO2)C1. The van der Waals surface area contributed by atoms with Crippen LogP contribution in [0.25, 0.3) is 0 Å². The van der Waals surface area contributed by atoms with E-state index < -0.39 is 0 Å². The maximum absolute atomic E-state index is 9.38. The van der Waals surface area contributed by atoms with Crippen molar-refractivity contribution in [3.8, 4) is 6.07 Å². The zero-order chi connectivity index (χ0) is 11.4. The molecule has 0 spiro atoms. The normalized spacial score (nSPS) is 39.5. The third-order valence-corrected chi connectivity index (χ3v) is 3.90. The summed E-state index contributed by atoms with van der Waals surface area (Å²) < 4.78 is 5.59. The van der Waals surface area contributed by atoms with Gasteiger partial charge < -0.3 is 4.74 Å². The Hall–Kier alpha value is -0.590. The summed E-state index contributed by atoms with van der Waals surface area (Å²) in [6.07, 6.45) is 7.09. The van der Waals surface area contributed by atoms with Crippen LogP contribution in [-0.4, -0.2) is 24.8 Å². The molecule has 90 valence electrons. The third-order valence-electron chi connectivity index (χ3n) is 3.90. The fourth-order valence-corrected chi connectivity index (χ4v) is 2.97. The number of hydrogen-bond donors (Lipinski definition) is 1. The molecule has 3 heteroatoms. The van der Waals surface area contributed by atoms with Gasteiger partial charge in [-0.3, -0.25) is 5.32 Å². The Labute approximate surface area is 98.2 Å². The van der Waals surface area contributed by atoms with E-state index in [4.69, 9.17) is 4.74 Å². The van der Waals surface area contributed by atoms with E-state index in [0.29, 0.717) is 12.0 Å². The number of nitriles is 1. The van der Waals surface area contributed by atoms with Gasteiger partial charge in [0, 0.05) is 13.2 Å². The van der Waals surface area contributed by atoms with E-state index in [1.807, 2.05) is 0 Å². The van der Waals surface area contributed by atoms with E-state index in [2.05, 4.69) is 18.3 Å². The summed E-state index contributed by atoms with van der Waals surface area (Å²) >= 11 is 0. The molecule has 3 atom stereocenters. The Bertz CT molecular complexity index is 268. The molecule has 3 nitrogen and oxygen atoms in total. The lowest BCUT2D eigenvalue weighted by Gasteiger charge is -2.35. The fourth-order valence-electron chi connectivity index (χ4n) is 2.97. The lowest BCUT2D eigenvalue weighted by Crippen LogP contribution is -2.49. The van der Waals surface area contributed by atoms with Crippen molar-refractivity contribution in [2.75, 3.05) is 13.2 Å². The molecule has 0 aromatic heterocycles. The predicted molar refractivity (Wildman–Crippen MR) is 63.0 cm³/mol. The predicted octanol–water partition coefficient (Wildman–Crippen LogP) is 2.23.